The molecule has 21 heavy (non-hydrogen) atoms. The maximum Gasteiger partial charge on any atom is 0.263 e. The van der Waals surface area contributed by atoms with Crippen molar-refractivity contribution in [3.8, 4) is 6.07 Å². The molecular weight excluding hydrogens is 272 g/mol. The van der Waals surface area contributed by atoms with Crippen molar-refractivity contribution in [3.05, 3.63) is 11.8 Å². The first-order valence-electron chi connectivity index (χ1n) is 7.26. The zero-order valence-electron chi connectivity index (χ0n) is 12.5. The number of carbonyl (C=O) groups is 1. The van der Waals surface area contributed by atoms with Crippen LogP contribution in [0.15, 0.2) is 11.8 Å². The normalized spacial score (nSPS) is 17.9. The lowest BCUT2D eigenvalue weighted by Crippen LogP contribution is -2.41. The van der Waals surface area contributed by atoms with E-state index in [-0.39, 0.29) is 18.2 Å². The Morgan fingerprint density at radius 2 is 2.24 bits per heavy atom. The van der Waals surface area contributed by atoms with Crippen molar-refractivity contribution in [1.82, 2.24) is 15.5 Å². The molecule has 1 heterocycles. The topological polar surface area (TPSA) is 97.6 Å². The molecule has 0 radical (unpaired) electrons. The molecule has 0 aromatic heterocycles. The van der Waals surface area contributed by atoms with Gasteiger partial charge >= 0.3 is 0 Å². The summed E-state index contributed by atoms with van der Waals surface area (Å²) in [7, 11) is 0. The standard InChI is InChI=1S/C14H24N4O3/c1-2-13(11-19)17-10-12(9-15)14(20)16-3-4-18-5-7-21-8-6-18/h10,13,17,19H,2-8,11H2,1H3,(H,16,20)/b12-10-. The lowest BCUT2D eigenvalue weighted by Gasteiger charge is -2.26. The van der Waals surface area contributed by atoms with Gasteiger partial charge in [-0.05, 0) is 6.42 Å². The van der Waals surface area contributed by atoms with Crippen molar-refractivity contribution in [2.24, 2.45) is 0 Å². The molecule has 1 aliphatic heterocycles. The van der Waals surface area contributed by atoms with Gasteiger partial charge in [0.2, 0.25) is 0 Å². The monoisotopic (exact) mass is 296 g/mol. The lowest BCUT2D eigenvalue weighted by molar-refractivity contribution is -0.117. The predicted molar refractivity (Wildman–Crippen MR) is 78.3 cm³/mol. The molecule has 1 atom stereocenters. The molecule has 1 rings (SSSR count). The summed E-state index contributed by atoms with van der Waals surface area (Å²) in [5, 5.41) is 23.6. The number of aliphatic hydroxyl groups is 1. The van der Waals surface area contributed by atoms with E-state index in [1.807, 2.05) is 13.0 Å². The number of aliphatic hydroxyl groups excluding tert-OH is 1. The highest BCUT2D eigenvalue weighted by molar-refractivity contribution is 5.97. The number of ether oxygens (including phenoxy) is 1. The van der Waals surface area contributed by atoms with E-state index >= 15 is 0 Å². The molecule has 7 heteroatoms. The van der Waals surface area contributed by atoms with Gasteiger partial charge in [-0.25, -0.2) is 0 Å². The Kier molecular flexibility index (Phi) is 8.43. The second-order valence-corrected chi connectivity index (χ2v) is 4.83. The van der Waals surface area contributed by atoms with Gasteiger partial charge in [0.25, 0.3) is 5.91 Å². The Morgan fingerprint density at radius 1 is 1.52 bits per heavy atom. The molecule has 1 aliphatic rings. The quantitative estimate of drug-likeness (QED) is 0.401. The Morgan fingerprint density at radius 3 is 2.81 bits per heavy atom. The van der Waals surface area contributed by atoms with E-state index in [1.165, 1.54) is 6.20 Å². The average Bonchev–Trinajstić information content (AvgIpc) is 2.52. The summed E-state index contributed by atoms with van der Waals surface area (Å²) in [5.74, 6) is -0.397. The molecule has 0 aromatic carbocycles. The first-order valence-corrected chi connectivity index (χ1v) is 7.26. The molecule has 118 valence electrons. The molecule has 0 spiro atoms. The van der Waals surface area contributed by atoms with Gasteiger partial charge in [-0.15, -0.1) is 0 Å². The molecule has 7 nitrogen and oxygen atoms in total. The van der Waals surface area contributed by atoms with Gasteiger partial charge in [0.05, 0.1) is 19.8 Å². The van der Waals surface area contributed by atoms with E-state index in [0.29, 0.717) is 13.0 Å². The first-order chi connectivity index (χ1) is 10.2. The Hall–Kier alpha value is -1.62. The Balaban J connectivity index is 2.33. The van der Waals surface area contributed by atoms with Crippen LogP contribution < -0.4 is 10.6 Å². The Labute approximate surface area is 125 Å². The summed E-state index contributed by atoms with van der Waals surface area (Å²) < 4.78 is 5.25. The number of morpholine rings is 1. The second-order valence-electron chi connectivity index (χ2n) is 4.83. The van der Waals surface area contributed by atoms with Crippen LogP contribution in [-0.4, -0.2) is 68.0 Å². The van der Waals surface area contributed by atoms with Gasteiger partial charge in [-0.1, -0.05) is 6.92 Å². The fourth-order valence-electron chi connectivity index (χ4n) is 1.90. The number of amides is 1. The lowest BCUT2D eigenvalue weighted by atomic mass is 10.2. The predicted octanol–water partition coefficient (Wildman–Crippen LogP) is -0.797. The van der Waals surface area contributed by atoms with Gasteiger partial charge in [-0.3, -0.25) is 9.69 Å². The molecule has 0 saturated carbocycles. The van der Waals surface area contributed by atoms with Gasteiger partial charge in [0.1, 0.15) is 11.6 Å². The Bertz CT molecular complexity index is 382. The van der Waals surface area contributed by atoms with E-state index < -0.39 is 5.91 Å². The molecule has 0 bridgehead atoms. The average molecular weight is 296 g/mol. The van der Waals surface area contributed by atoms with Crippen molar-refractivity contribution in [2.45, 2.75) is 19.4 Å². The maximum atomic E-state index is 11.9. The maximum absolute atomic E-state index is 11.9. The van der Waals surface area contributed by atoms with Crippen molar-refractivity contribution in [1.29, 1.82) is 5.26 Å². The fraction of sp³-hybridized carbons (Fsp3) is 0.714. The van der Waals surface area contributed by atoms with Crippen LogP contribution in [0, 0.1) is 11.3 Å². The zero-order valence-corrected chi connectivity index (χ0v) is 12.5. The minimum Gasteiger partial charge on any atom is -0.394 e. The molecule has 3 N–H and O–H groups in total. The van der Waals surface area contributed by atoms with Gasteiger partial charge in [-0.2, -0.15) is 5.26 Å². The summed E-state index contributed by atoms with van der Waals surface area (Å²) >= 11 is 0. The van der Waals surface area contributed by atoms with Crippen LogP contribution in [0.5, 0.6) is 0 Å². The van der Waals surface area contributed by atoms with Crippen LogP contribution in [0.2, 0.25) is 0 Å². The van der Waals surface area contributed by atoms with Crippen LogP contribution in [0.3, 0.4) is 0 Å². The van der Waals surface area contributed by atoms with Crippen LogP contribution in [0.25, 0.3) is 0 Å². The SMILES string of the molecule is CCC(CO)N/C=C(/C#N)C(=O)NCCN1CCOCC1. The second kappa shape index (κ2) is 10.2. The molecule has 0 aromatic rings. The highest BCUT2D eigenvalue weighted by Gasteiger charge is 2.12. The van der Waals surface area contributed by atoms with Crippen molar-refractivity contribution >= 4 is 5.91 Å². The van der Waals surface area contributed by atoms with Crippen molar-refractivity contribution in [2.75, 3.05) is 46.0 Å². The summed E-state index contributed by atoms with van der Waals surface area (Å²) in [6.07, 6.45) is 2.08. The molecule has 1 fully saturated rings. The summed E-state index contributed by atoms with van der Waals surface area (Å²) in [6.45, 7) is 6.30. The number of hydrogen-bond acceptors (Lipinski definition) is 6. The highest BCUT2D eigenvalue weighted by Crippen LogP contribution is 1.96. The van der Waals surface area contributed by atoms with E-state index in [4.69, 9.17) is 15.1 Å². The van der Waals surface area contributed by atoms with Crippen molar-refractivity contribution < 1.29 is 14.6 Å². The van der Waals surface area contributed by atoms with E-state index in [0.717, 1.165) is 32.8 Å². The van der Waals surface area contributed by atoms with E-state index in [9.17, 15) is 4.79 Å². The number of nitrogens with zero attached hydrogens (tertiary/aromatic N) is 2. The number of carbonyl (C=O) groups excluding carboxylic acids is 1. The number of nitrogens with one attached hydrogen (secondary N) is 2. The van der Waals surface area contributed by atoms with Gasteiger partial charge < -0.3 is 20.5 Å². The van der Waals surface area contributed by atoms with E-state index in [2.05, 4.69) is 15.5 Å². The zero-order chi connectivity index (χ0) is 15.5. The summed E-state index contributed by atoms with van der Waals surface area (Å²) in [5.41, 5.74) is 0.0175. The van der Waals surface area contributed by atoms with E-state index in [1.54, 1.807) is 0 Å². The molecule has 1 amide bonds. The van der Waals surface area contributed by atoms with Crippen molar-refractivity contribution in [3.63, 3.8) is 0 Å². The van der Waals surface area contributed by atoms with Crippen LogP contribution in [-0.2, 0) is 9.53 Å². The summed E-state index contributed by atoms with van der Waals surface area (Å²) in [4.78, 5) is 14.1. The fourth-order valence-corrected chi connectivity index (χ4v) is 1.90. The molecular formula is C14H24N4O3. The third-order valence-electron chi connectivity index (χ3n) is 3.36. The smallest absolute Gasteiger partial charge is 0.263 e. The third kappa shape index (κ3) is 6.58. The largest absolute Gasteiger partial charge is 0.394 e. The third-order valence-corrected chi connectivity index (χ3v) is 3.36. The number of nitriles is 1. The minimum atomic E-state index is -0.397. The molecule has 1 saturated heterocycles. The summed E-state index contributed by atoms with van der Waals surface area (Å²) in [6, 6.07) is 1.72. The number of hydrogen-bond donors (Lipinski definition) is 3. The molecule has 0 aliphatic carbocycles. The van der Waals surface area contributed by atoms with Gasteiger partial charge in [0.15, 0.2) is 0 Å². The van der Waals surface area contributed by atoms with Gasteiger partial charge in [0, 0.05) is 38.4 Å². The van der Waals surface area contributed by atoms with Crippen LogP contribution >= 0.6 is 0 Å². The number of rotatable bonds is 8. The van der Waals surface area contributed by atoms with Crippen LogP contribution in [0.1, 0.15) is 13.3 Å². The van der Waals surface area contributed by atoms with Crippen LogP contribution in [0.4, 0.5) is 0 Å². The minimum absolute atomic E-state index is 0.0175. The molecule has 1 unspecified atom stereocenters. The highest BCUT2D eigenvalue weighted by atomic mass is 16.5. The first kappa shape index (κ1) is 17.4.